The molecule has 33 heavy (non-hydrogen) atoms. The third-order valence-corrected chi connectivity index (χ3v) is 8.27. The van der Waals surface area contributed by atoms with Crippen molar-refractivity contribution >= 4 is 23.1 Å². The first-order valence-electron chi connectivity index (χ1n) is 12.1. The van der Waals surface area contributed by atoms with Crippen LogP contribution in [0.25, 0.3) is 10.6 Å². The van der Waals surface area contributed by atoms with Gasteiger partial charge in [0, 0.05) is 50.0 Å². The number of carbonyl (C=O) groups excluding carboxylic acids is 1. The van der Waals surface area contributed by atoms with Gasteiger partial charge in [-0.25, -0.2) is 0 Å². The quantitative estimate of drug-likeness (QED) is 0.547. The van der Waals surface area contributed by atoms with Gasteiger partial charge >= 0.3 is 0 Å². The summed E-state index contributed by atoms with van der Waals surface area (Å²) in [5.41, 5.74) is 3.59. The Labute approximate surface area is 200 Å². The Morgan fingerprint density at radius 3 is 2.27 bits per heavy atom. The highest BCUT2D eigenvalue weighted by Gasteiger charge is 2.31. The summed E-state index contributed by atoms with van der Waals surface area (Å²) in [4.78, 5) is 18.7. The predicted octanol–water partition coefficient (Wildman–Crippen LogP) is 4.78. The zero-order valence-electron chi connectivity index (χ0n) is 19.6. The highest BCUT2D eigenvalue weighted by Crippen LogP contribution is 2.28. The van der Waals surface area contributed by atoms with Crippen LogP contribution in [0.1, 0.15) is 37.1 Å². The van der Waals surface area contributed by atoms with Gasteiger partial charge < -0.3 is 14.4 Å². The lowest BCUT2D eigenvalue weighted by Gasteiger charge is -2.37. The summed E-state index contributed by atoms with van der Waals surface area (Å²) in [5, 5.41) is 10.9. The minimum Gasteiger partial charge on any atom is -0.355 e. The van der Waals surface area contributed by atoms with E-state index in [-0.39, 0.29) is 5.92 Å². The first-order valence-corrected chi connectivity index (χ1v) is 13.0. The molecule has 5 heterocycles. The molecule has 0 radical (unpaired) electrons. The Hall–Kier alpha value is -2.67. The molecule has 174 valence electrons. The van der Waals surface area contributed by atoms with Crippen molar-refractivity contribution in [2.24, 2.45) is 11.8 Å². The molecule has 2 saturated heterocycles. The molecule has 0 aromatic carbocycles. The summed E-state index contributed by atoms with van der Waals surface area (Å²) in [6.07, 6.45) is 4.01. The molecule has 2 aliphatic heterocycles. The van der Waals surface area contributed by atoms with E-state index < -0.39 is 0 Å². The van der Waals surface area contributed by atoms with E-state index in [4.69, 9.17) is 0 Å². The van der Waals surface area contributed by atoms with Gasteiger partial charge in [0.25, 0.3) is 0 Å². The SMILES string of the molecule is Cc1ccc(C)n1CC1CCN(C(=O)C2CCN(c3ccc(-c4cccs4)nn3)CC2)CC1. The van der Waals surface area contributed by atoms with Gasteiger partial charge in [-0.15, -0.1) is 21.5 Å². The lowest BCUT2D eigenvalue weighted by molar-refractivity contribution is -0.137. The van der Waals surface area contributed by atoms with Crippen LogP contribution in [-0.4, -0.2) is 51.8 Å². The number of amides is 1. The second kappa shape index (κ2) is 9.67. The van der Waals surface area contributed by atoms with Gasteiger partial charge in [-0.3, -0.25) is 4.79 Å². The van der Waals surface area contributed by atoms with E-state index >= 15 is 0 Å². The van der Waals surface area contributed by atoms with Crippen molar-refractivity contribution < 1.29 is 4.79 Å². The number of anilines is 1. The van der Waals surface area contributed by atoms with Crippen LogP contribution in [0.3, 0.4) is 0 Å². The summed E-state index contributed by atoms with van der Waals surface area (Å²) in [5.74, 6) is 2.08. The first kappa shape index (κ1) is 22.1. The summed E-state index contributed by atoms with van der Waals surface area (Å²) in [7, 11) is 0. The van der Waals surface area contributed by atoms with E-state index in [1.54, 1.807) is 11.3 Å². The van der Waals surface area contributed by atoms with Crippen molar-refractivity contribution in [1.29, 1.82) is 0 Å². The van der Waals surface area contributed by atoms with E-state index in [0.29, 0.717) is 11.8 Å². The molecule has 0 unspecified atom stereocenters. The minimum absolute atomic E-state index is 0.144. The molecule has 1 amide bonds. The standard InChI is InChI=1S/C26H33N5OS/c1-19-5-6-20(2)31(19)18-21-9-13-30(14-10-21)26(32)22-11-15-29(16-12-22)25-8-7-23(27-28-25)24-4-3-17-33-24/h3-8,17,21-22H,9-16,18H2,1-2H3. The maximum atomic E-state index is 13.2. The highest BCUT2D eigenvalue weighted by atomic mass is 32.1. The number of hydrogen-bond donors (Lipinski definition) is 0. The van der Waals surface area contributed by atoms with Crippen LogP contribution < -0.4 is 4.90 Å². The summed E-state index contributed by atoms with van der Waals surface area (Å²) in [6, 6.07) is 12.6. The van der Waals surface area contributed by atoms with Gasteiger partial charge in [-0.05, 0) is 81.2 Å². The summed E-state index contributed by atoms with van der Waals surface area (Å²) < 4.78 is 2.42. The largest absolute Gasteiger partial charge is 0.355 e. The number of aryl methyl sites for hydroxylation is 2. The molecule has 3 aromatic heterocycles. The molecule has 0 N–H and O–H groups in total. The number of piperidine rings is 2. The van der Waals surface area contributed by atoms with Gasteiger partial charge in [0.1, 0.15) is 5.69 Å². The van der Waals surface area contributed by atoms with E-state index in [2.05, 4.69) is 68.1 Å². The first-order chi connectivity index (χ1) is 16.1. The molecule has 0 saturated carbocycles. The third-order valence-electron chi connectivity index (χ3n) is 7.38. The molecule has 6 nitrogen and oxygen atoms in total. The van der Waals surface area contributed by atoms with E-state index in [0.717, 1.165) is 74.8 Å². The molecule has 2 fully saturated rings. The predicted molar refractivity (Wildman–Crippen MR) is 133 cm³/mol. The van der Waals surface area contributed by atoms with Crippen molar-refractivity contribution in [3.8, 4) is 10.6 Å². The average Bonchev–Trinajstić information content (AvgIpc) is 3.51. The molecule has 0 atom stereocenters. The molecular formula is C26H33N5OS. The van der Waals surface area contributed by atoms with Gasteiger partial charge in [0.15, 0.2) is 5.82 Å². The lowest BCUT2D eigenvalue weighted by Crippen LogP contribution is -2.46. The molecule has 5 rings (SSSR count). The lowest BCUT2D eigenvalue weighted by atomic mass is 9.92. The molecule has 2 aliphatic rings. The molecule has 3 aromatic rings. The number of hydrogen-bond acceptors (Lipinski definition) is 5. The minimum atomic E-state index is 0.144. The Balaban J connectivity index is 1.10. The maximum absolute atomic E-state index is 13.2. The van der Waals surface area contributed by atoms with Crippen LogP contribution in [0.4, 0.5) is 5.82 Å². The van der Waals surface area contributed by atoms with Crippen molar-refractivity contribution in [3.63, 3.8) is 0 Å². The average molecular weight is 464 g/mol. The molecule has 0 bridgehead atoms. The fourth-order valence-corrected chi connectivity index (χ4v) is 5.94. The van der Waals surface area contributed by atoms with E-state index in [1.807, 2.05) is 12.1 Å². The van der Waals surface area contributed by atoms with Crippen LogP contribution >= 0.6 is 11.3 Å². The smallest absolute Gasteiger partial charge is 0.225 e. The van der Waals surface area contributed by atoms with Gasteiger partial charge in [-0.2, -0.15) is 0 Å². The van der Waals surface area contributed by atoms with Crippen molar-refractivity contribution in [1.82, 2.24) is 19.7 Å². The number of rotatable bonds is 5. The van der Waals surface area contributed by atoms with Gasteiger partial charge in [0.2, 0.25) is 5.91 Å². The molecule has 0 spiro atoms. The van der Waals surface area contributed by atoms with Gasteiger partial charge in [-0.1, -0.05) is 6.07 Å². The second-order valence-electron chi connectivity index (χ2n) is 9.51. The van der Waals surface area contributed by atoms with Gasteiger partial charge in [0.05, 0.1) is 4.88 Å². The van der Waals surface area contributed by atoms with Crippen LogP contribution in [-0.2, 0) is 11.3 Å². The number of thiophene rings is 1. The van der Waals surface area contributed by atoms with Crippen LogP contribution in [0, 0.1) is 25.7 Å². The van der Waals surface area contributed by atoms with E-state index in [9.17, 15) is 4.79 Å². The van der Waals surface area contributed by atoms with Crippen molar-refractivity contribution in [3.05, 3.63) is 53.2 Å². The second-order valence-corrected chi connectivity index (χ2v) is 10.5. The Morgan fingerprint density at radius 2 is 1.67 bits per heavy atom. The zero-order chi connectivity index (χ0) is 22.8. The summed E-state index contributed by atoms with van der Waals surface area (Å²) in [6.45, 7) is 8.98. The number of carbonyl (C=O) groups is 1. The fraction of sp³-hybridized carbons (Fsp3) is 0.500. The Morgan fingerprint density at radius 1 is 0.939 bits per heavy atom. The van der Waals surface area contributed by atoms with Crippen LogP contribution in [0.2, 0.25) is 0 Å². The van der Waals surface area contributed by atoms with Crippen molar-refractivity contribution in [2.45, 2.75) is 46.1 Å². The summed E-state index contributed by atoms with van der Waals surface area (Å²) >= 11 is 1.68. The molecule has 0 aliphatic carbocycles. The zero-order valence-corrected chi connectivity index (χ0v) is 20.4. The molecule has 7 heteroatoms. The normalized spacial score (nSPS) is 18.1. The molecular weight excluding hydrogens is 430 g/mol. The van der Waals surface area contributed by atoms with Crippen LogP contribution in [0.5, 0.6) is 0 Å². The third kappa shape index (κ3) is 4.83. The highest BCUT2D eigenvalue weighted by molar-refractivity contribution is 7.13. The number of likely N-dealkylation sites (tertiary alicyclic amines) is 1. The number of aromatic nitrogens is 3. The maximum Gasteiger partial charge on any atom is 0.225 e. The number of nitrogens with zero attached hydrogens (tertiary/aromatic N) is 5. The van der Waals surface area contributed by atoms with Crippen LogP contribution in [0.15, 0.2) is 41.8 Å². The fourth-order valence-electron chi connectivity index (χ4n) is 5.24. The monoisotopic (exact) mass is 463 g/mol. The van der Waals surface area contributed by atoms with E-state index in [1.165, 1.54) is 11.4 Å². The Kier molecular flexibility index (Phi) is 6.49. The topological polar surface area (TPSA) is 54.3 Å². The van der Waals surface area contributed by atoms with Crippen molar-refractivity contribution in [2.75, 3.05) is 31.1 Å². The Bertz CT molecular complexity index is 1040.